The molecule has 35 heteroatoms. The Morgan fingerprint density at radius 2 is 0.279 bits per heavy atom. The lowest BCUT2D eigenvalue weighted by atomic mass is 11.3. The van der Waals surface area contributed by atoms with Gasteiger partial charge in [0.25, 0.3) is 0 Å². The van der Waals surface area contributed by atoms with Crippen molar-refractivity contribution < 1.29 is 86.4 Å². The lowest BCUT2D eigenvalue weighted by molar-refractivity contribution is 0.000859. The Bertz CT molecular complexity index is 1880. The first-order valence-electron chi connectivity index (χ1n) is 17.7. The first-order chi connectivity index (χ1) is 28.8. The minimum Gasteiger partial charge on any atom is -0.372 e. The van der Waals surface area contributed by atoms with Crippen molar-refractivity contribution in [3.05, 3.63) is 160 Å². The summed E-state index contributed by atoms with van der Waals surface area (Å²) < 4.78 is 146. The van der Waals surface area contributed by atoms with Crippen molar-refractivity contribution in [1.29, 1.82) is 0 Å². The first kappa shape index (κ1) is 46.4. The molecule has 7 fully saturated rings. The van der Waals surface area contributed by atoms with Gasteiger partial charge in [0, 0.05) is 0 Å². The topological polar surface area (TPSA) is 194 Å². The highest BCUT2D eigenvalue weighted by Crippen LogP contribution is 2.50. The van der Waals surface area contributed by atoms with Crippen molar-refractivity contribution in [3.63, 3.8) is 0 Å². The van der Waals surface area contributed by atoms with Crippen molar-refractivity contribution in [1.82, 2.24) is 0 Å². The van der Waals surface area contributed by atoms with Gasteiger partial charge in [-0.05, 0) is 74.1 Å². The van der Waals surface area contributed by atoms with Crippen molar-refractivity contribution in [3.8, 4) is 0 Å². The van der Waals surface area contributed by atoms with E-state index in [1.807, 2.05) is 0 Å². The van der Waals surface area contributed by atoms with Crippen LogP contribution in [0.25, 0.3) is 0 Å². The van der Waals surface area contributed by atoms with Gasteiger partial charge >= 0.3 is 124 Å². The third kappa shape index (κ3) is 7.34. The highest BCUT2D eigenvalue weighted by Gasteiger charge is 2.82. The fourth-order valence-electron chi connectivity index (χ4n) is 6.52. The van der Waals surface area contributed by atoms with E-state index in [-0.39, 0.29) is 0 Å². The molecular formula is C26H40O21Si14. The second kappa shape index (κ2) is 15.2. The molecule has 61 heavy (non-hydrogen) atoms. The van der Waals surface area contributed by atoms with Crippen LogP contribution in [0.1, 0.15) is 0 Å². The third-order valence-corrected chi connectivity index (χ3v) is 62.9. The van der Waals surface area contributed by atoms with Crippen LogP contribution in [-0.4, -0.2) is 124 Å². The average Bonchev–Trinajstić information content (AvgIpc) is 3.21. The van der Waals surface area contributed by atoms with Gasteiger partial charge in [-0.15, -0.1) is 85.5 Å². The van der Waals surface area contributed by atoms with Crippen LogP contribution in [-0.2, 0) is 86.4 Å². The van der Waals surface area contributed by atoms with E-state index in [2.05, 4.69) is 85.5 Å². The van der Waals surface area contributed by atoms with Crippen molar-refractivity contribution in [2.75, 3.05) is 0 Å². The smallest absolute Gasteiger partial charge is 0.372 e. The molecule has 0 aliphatic carbocycles. The Balaban J connectivity index is 1.59. The van der Waals surface area contributed by atoms with Crippen LogP contribution in [0.5, 0.6) is 0 Å². The second-order valence-corrected chi connectivity index (χ2v) is 52.1. The largest absolute Gasteiger partial charge is 0.507 e. The van der Waals surface area contributed by atoms with Gasteiger partial charge in [-0.25, -0.2) is 0 Å². The molecule has 21 nitrogen and oxygen atoms in total. The maximum atomic E-state index is 7.01. The molecule has 0 spiro atoms. The van der Waals surface area contributed by atoms with Gasteiger partial charge < -0.3 is 86.4 Å². The van der Waals surface area contributed by atoms with Crippen LogP contribution in [0, 0.1) is 0 Å². The van der Waals surface area contributed by atoms with Crippen LogP contribution in [0.15, 0.2) is 160 Å². The second-order valence-electron chi connectivity index (χ2n) is 13.0. The van der Waals surface area contributed by atoms with Gasteiger partial charge in [0.2, 0.25) is 0 Å². The molecule has 12 unspecified atom stereocenters. The molecule has 0 aromatic carbocycles. The van der Waals surface area contributed by atoms with E-state index in [0.29, 0.717) is 0 Å². The lowest BCUT2D eigenvalue weighted by Crippen LogP contribution is -2.86. The molecule has 7 aliphatic heterocycles. The molecule has 7 heterocycles. The first-order valence-corrected chi connectivity index (χ1v) is 42.6. The Morgan fingerprint density at radius 1 is 0.180 bits per heavy atom. The van der Waals surface area contributed by atoms with Gasteiger partial charge in [0.1, 0.15) is 0 Å². The molecule has 0 N–H and O–H groups in total. The van der Waals surface area contributed by atoms with Crippen LogP contribution in [0.3, 0.4) is 0 Å². The summed E-state index contributed by atoms with van der Waals surface area (Å²) in [6.45, 7) is 52.7. The maximum Gasteiger partial charge on any atom is 0.507 e. The number of rotatable bonds is 13. The zero-order chi connectivity index (χ0) is 44.1. The summed E-state index contributed by atoms with van der Waals surface area (Å²) in [4.78, 5) is 0. The van der Waals surface area contributed by atoms with Gasteiger partial charge in [-0.2, -0.15) is 0 Å². The third-order valence-electron chi connectivity index (χ3n) is 9.15. The molecule has 7 aliphatic rings. The zero-order valence-electron chi connectivity index (χ0n) is 32.3. The summed E-state index contributed by atoms with van der Waals surface area (Å²) in [7, 11) is -66.3. The van der Waals surface area contributed by atoms with E-state index in [0.717, 1.165) is 0 Å². The van der Waals surface area contributed by atoms with Crippen molar-refractivity contribution in [2.24, 2.45) is 0 Å². The Labute approximate surface area is 367 Å². The van der Waals surface area contributed by atoms with E-state index < -0.39 is 124 Å². The van der Waals surface area contributed by atoms with E-state index in [9.17, 15) is 0 Å². The SMILES string of the molecule is C=C[Si]12O[SiH]3O[Si]4(C=C)O[Si](C=C)(O1)O[Si]1(C=C)O[Si](C=C)(O4)O[Si]4(C=C)O[Si]5(C=C)O[Si]6(C=C)O[Si](C=C)(O3)O[Si](C=C)(O2)O[Si](C=C)(O6)O[Si](C=C)(O5)O[Si](C=C)(O1)O4. The lowest BCUT2D eigenvalue weighted by Gasteiger charge is -2.59. The molecule has 0 amide bonds. The zero-order valence-corrected chi connectivity index (χ0v) is 46.5. The predicted molar refractivity (Wildman–Crippen MR) is 237 cm³/mol. The Kier molecular flexibility index (Phi) is 11.5. The van der Waals surface area contributed by atoms with E-state index >= 15 is 0 Å². The normalized spacial score (nSPS) is 53.1. The number of hydrogen-bond donors (Lipinski definition) is 0. The highest BCUT2D eigenvalue weighted by molar-refractivity contribution is 7.08. The number of hydrogen-bond acceptors (Lipinski definition) is 21. The van der Waals surface area contributed by atoms with Gasteiger partial charge in [-0.1, -0.05) is 0 Å². The summed E-state index contributed by atoms with van der Waals surface area (Å²) in [5, 5.41) is 0. The minimum atomic E-state index is -4.84. The quantitative estimate of drug-likeness (QED) is 0.242. The molecule has 14 bridgehead atoms. The Morgan fingerprint density at radius 3 is 0.377 bits per heavy atom. The standard InChI is InChI=1S/C26H40O21Si14/c1-14-49-27-48-28-50(15-2)32-52(17-4,30-49)36-56(21-8)38-54(19-6,34-50)40-58(23-10)44-59(24-11)41-55(20-7)35-51(16-3,29-48)33-53(18-5,31-49)37-57(22-9,39-55)43-61(26-13,46-59)47-60(25-12,42-56)45-58/h14-26,48H,1-13H2. The summed E-state index contributed by atoms with van der Waals surface area (Å²) >= 11 is 0. The van der Waals surface area contributed by atoms with Crippen LogP contribution in [0.2, 0.25) is 0 Å². The highest BCUT2D eigenvalue weighted by atomic mass is 28.6. The van der Waals surface area contributed by atoms with Crippen molar-refractivity contribution in [2.45, 2.75) is 0 Å². The Hall–Kier alpha value is -1.18. The molecule has 0 radical (unpaired) electrons. The molecule has 12 atom stereocenters. The summed E-state index contributed by atoms with van der Waals surface area (Å²) in [6.07, 6.45) is 0. The van der Waals surface area contributed by atoms with E-state index in [4.69, 9.17) is 86.4 Å². The fourth-order valence-corrected chi connectivity index (χ4v) is 75.0. The maximum absolute atomic E-state index is 7.01. The average molecular weight is 1080 g/mol. The van der Waals surface area contributed by atoms with Crippen LogP contribution >= 0.6 is 0 Å². The van der Waals surface area contributed by atoms with Gasteiger partial charge in [0.15, 0.2) is 0 Å². The van der Waals surface area contributed by atoms with Crippen LogP contribution < -0.4 is 0 Å². The summed E-state index contributed by atoms with van der Waals surface area (Å²) in [5.74, 6) is 0. The summed E-state index contributed by atoms with van der Waals surface area (Å²) in [5.41, 5.74) is 16.1. The van der Waals surface area contributed by atoms with Gasteiger partial charge in [0.05, 0.1) is 0 Å². The number of fused-ring (bicyclic) bond motifs is 14. The molecule has 7 saturated heterocycles. The van der Waals surface area contributed by atoms with Crippen LogP contribution in [0.4, 0.5) is 0 Å². The molecular weight excluding hydrogens is 1040 g/mol. The van der Waals surface area contributed by atoms with E-state index in [1.165, 1.54) is 74.1 Å². The molecule has 0 saturated carbocycles. The monoisotopic (exact) mass is 1080 g/mol. The van der Waals surface area contributed by atoms with Crippen molar-refractivity contribution >= 4 is 124 Å². The molecule has 7 rings (SSSR count). The summed E-state index contributed by atoms with van der Waals surface area (Å²) in [6, 6.07) is 0. The minimum absolute atomic E-state index is 1.23. The van der Waals surface area contributed by atoms with Gasteiger partial charge in [-0.3, -0.25) is 0 Å². The molecule has 326 valence electrons. The van der Waals surface area contributed by atoms with E-state index in [1.54, 1.807) is 0 Å². The molecule has 0 aromatic heterocycles. The molecule has 0 aromatic rings. The predicted octanol–water partition coefficient (Wildman–Crippen LogP) is 1.79. The fraction of sp³-hybridized carbons (Fsp3) is 0.